The van der Waals surface area contributed by atoms with E-state index < -0.39 is 0 Å². The molecule has 5 nitrogen and oxygen atoms in total. The van der Waals surface area contributed by atoms with Crippen molar-refractivity contribution in [2.45, 2.75) is 26.8 Å². The van der Waals surface area contributed by atoms with Crippen LogP contribution in [0.4, 0.5) is 11.5 Å². The normalized spacial score (nSPS) is 13.2. The molecule has 0 atom stereocenters. The van der Waals surface area contributed by atoms with Gasteiger partial charge in [0.25, 0.3) is 5.91 Å². The molecule has 0 radical (unpaired) electrons. The number of amides is 1. The van der Waals surface area contributed by atoms with Crippen molar-refractivity contribution in [3.05, 3.63) is 82.5 Å². The van der Waals surface area contributed by atoms with Gasteiger partial charge in [0.1, 0.15) is 0 Å². The Morgan fingerprint density at radius 3 is 2.52 bits per heavy atom. The molecule has 27 heavy (non-hydrogen) atoms. The van der Waals surface area contributed by atoms with Gasteiger partial charge in [-0.3, -0.25) is 4.79 Å². The molecule has 0 unspecified atom stereocenters. The number of nitrogens with zero attached hydrogens (tertiary/aromatic N) is 3. The Bertz CT molecular complexity index is 982. The number of aromatic nitrogens is 2. The number of aryl methyl sites for hydroxylation is 2. The van der Waals surface area contributed by atoms with Crippen molar-refractivity contribution in [3.8, 4) is 0 Å². The number of rotatable bonds is 3. The van der Waals surface area contributed by atoms with Gasteiger partial charge in [0.15, 0.2) is 11.5 Å². The predicted molar refractivity (Wildman–Crippen MR) is 106 cm³/mol. The smallest absolute Gasteiger partial charge is 0.274 e. The molecule has 0 fully saturated rings. The zero-order valence-corrected chi connectivity index (χ0v) is 15.6. The summed E-state index contributed by atoms with van der Waals surface area (Å²) < 4.78 is 0. The highest BCUT2D eigenvalue weighted by Gasteiger charge is 2.22. The fourth-order valence-electron chi connectivity index (χ4n) is 3.31. The van der Waals surface area contributed by atoms with Crippen LogP contribution in [0.25, 0.3) is 0 Å². The number of benzene rings is 2. The molecule has 2 heterocycles. The molecule has 136 valence electrons. The maximum atomic E-state index is 12.8. The van der Waals surface area contributed by atoms with Gasteiger partial charge < -0.3 is 10.2 Å². The standard InChI is InChI=1S/C22H22N4O/c1-15-7-8-19(13-16(15)2)23-21-10-9-20(24-25-21)22(27)26-12-11-17-5-3-4-6-18(17)14-26/h3-10,13H,11-12,14H2,1-2H3,(H,23,25). The molecule has 0 spiro atoms. The second-order valence-electron chi connectivity index (χ2n) is 6.97. The van der Waals surface area contributed by atoms with Crippen molar-refractivity contribution >= 4 is 17.4 Å². The third-order valence-corrected chi connectivity index (χ3v) is 5.08. The summed E-state index contributed by atoms with van der Waals surface area (Å²) in [5.74, 6) is 0.550. The summed E-state index contributed by atoms with van der Waals surface area (Å²) in [6, 6.07) is 17.9. The van der Waals surface area contributed by atoms with Crippen LogP contribution in [0, 0.1) is 13.8 Å². The maximum Gasteiger partial charge on any atom is 0.274 e. The monoisotopic (exact) mass is 358 g/mol. The molecule has 5 heteroatoms. The van der Waals surface area contributed by atoms with Gasteiger partial charge in [-0.15, -0.1) is 10.2 Å². The third kappa shape index (κ3) is 3.67. The molecule has 4 rings (SSSR count). The third-order valence-electron chi connectivity index (χ3n) is 5.08. The average Bonchev–Trinajstić information content (AvgIpc) is 2.70. The molecule has 1 aliphatic heterocycles. The second-order valence-corrected chi connectivity index (χ2v) is 6.97. The summed E-state index contributed by atoms with van der Waals surface area (Å²) >= 11 is 0. The van der Waals surface area contributed by atoms with Crippen LogP contribution < -0.4 is 5.32 Å². The van der Waals surface area contributed by atoms with E-state index in [0.29, 0.717) is 24.6 Å². The highest BCUT2D eigenvalue weighted by atomic mass is 16.2. The van der Waals surface area contributed by atoms with Gasteiger partial charge in [-0.1, -0.05) is 30.3 Å². The molecule has 0 aliphatic carbocycles. The van der Waals surface area contributed by atoms with Crippen molar-refractivity contribution in [1.82, 2.24) is 15.1 Å². The van der Waals surface area contributed by atoms with E-state index in [4.69, 9.17) is 0 Å². The first-order valence-electron chi connectivity index (χ1n) is 9.14. The molecule has 0 saturated carbocycles. The van der Waals surface area contributed by atoms with E-state index in [-0.39, 0.29) is 5.91 Å². The molecular formula is C22H22N4O. The number of nitrogens with one attached hydrogen (secondary N) is 1. The van der Waals surface area contributed by atoms with Crippen molar-refractivity contribution in [1.29, 1.82) is 0 Å². The number of fused-ring (bicyclic) bond motifs is 1. The Morgan fingerprint density at radius 2 is 1.78 bits per heavy atom. The second kappa shape index (κ2) is 7.19. The van der Waals surface area contributed by atoms with Crippen molar-refractivity contribution in [3.63, 3.8) is 0 Å². The van der Waals surface area contributed by atoms with Crippen LogP contribution in [0.3, 0.4) is 0 Å². The van der Waals surface area contributed by atoms with Crippen LogP contribution in [-0.2, 0) is 13.0 Å². The van der Waals surface area contributed by atoms with Gasteiger partial charge in [0.2, 0.25) is 0 Å². The Balaban J connectivity index is 1.46. The summed E-state index contributed by atoms with van der Waals surface area (Å²) in [5.41, 5.74) is 6.32. The van der Waals surface area contributed by atoms with Gasteiger partial charge in [-0.2, -0.15) is 0 Å². The Kier molecular flexibility index (Phi) is 4.59. The van der Waals surface area contributed by atoms with E-state index in [9.17, 15) is 4.79 Å². The fraction of sp³-hybridized carbons (Fsp3) is 0.227. The van der Waals surface area contributed by atoms with Crippen LogP contribution in [0.5, 0.6) is 0 Å². The molecule has 3 aromatic rings. The summed E-state index contributed by atoms with van der Waals surface area (Å²) in [7, 11) is 0. The SMILES string of the molecule is Cc1ccc(Nc2ccc(C(=O)N3CCc4ccccc4C3)nn2)cc1C. The summed E-state index contributed by atoms with van der Waals surface area (Å²) in [6.45, 7) is 5.49. The van der Waals surface area contributed by atoms with E-state index in [1.54, 1.807) is 12.1 Å². The van der Waals surface area contributed by atoms with E-state index >= 15 is 0 Å². The maximum absolute atomic E-state index is 12.8. The lowest BCUT2D eigenvalue weighted by molar-refractivity contribution is 0.0727. The van der Waals surface area contributed by atoms with E-state index in [2.05, 4.69) is 53.6 Å². The first kappa shape index (κ1) is 17.2. The Labute approximate surface area is 159 Å². The fourth-order valence-corrected chi connectivity index (χ4v) is 3.31. The number of hydrogen-bond donors (Lipinski definition) is 1. The highest BCUT2D eigenvalue weighted by Crippen LogP contribution is 2.21. The number of anilines is 2. The molecule has 1 amide bonds. The molecule has 0 saturated heterocycles. The van der Waals surface area contributed by atoms with E-state index in [1.807, 2.05) is 23.1 Å². The highest BCUT2D eigenvalue weighted by molar-refractivity contribution is 5.92. The lowest BCUT2D eigenvalue weighted by atomic mass is 10.00. The summed E-state index contributed by atoms with van der Waals surface area (Å²) in [5, 5.41) is 11.6. The summed E-state index contributed by atoms with van der Waals surface area (Å²) in [6.07, 6.45) is 0.877. The van der Waals surface area contributed by atoms with E-state index in [0.717, 1.165) is 12.1 Å². The first-order valence-corrected chi connectivity index (χ1v) is 9.14. The quantitative estimate of drug-likeness (QED) is 0.768. The molecule has 1 aromatic heterocycles. The van der Waals surface area contributed by atoms with Gasteiger partial charge >= 0.3 is 0 Å². The molecule has 0 bridgehead atoms. The number of carbonyl (C=O) groups is 1. The van der Waals surface area contributed by atoms with Crippen molar-refractivity contribution in [2.24, 2.45) is 0 Å². The lowest BCUT2D eigenvalue weighted by Gasteiger charge is -2.28. The Hall–Kier alpha value is -3.21. The minimum atomic E-state index is -0.0743. The predicted octanol–water partition coefficient (Wildman–Crippen LogP) is 4.04. The zero-order valence-electron chi connectivity index (χ0n) is 15.6. The van der Waals surface area contributed by atoms with Crippen molar-refractivity contribution < 1.29 is 4.79 Å². The van der Waals surface area contributed by atoms with Crippen LogP contribution in [0.2, 0.25) is 0 Å². The topological polar surface area (TPSA) is 58.1 Å². The van der Waals surface area contributed by atoms with E-state index in [1.165, 1.54) is 22.3 Å². The zero-order chi connectivity index (χ0) is 18.8. The minimum Gasteiger partial charge on any atom is -0.339 e. The molecular weight excluding hydrogens is 336 g/mol. The van der Waals surface area contributed by atoms with Gasteiger partial charge in [-0.05, 0) is 66.8 Å². The largest absolute Gasteiger partial charge is 0.339 e. The summed E-state index contributed by atoms with van der Waals surface area (Å²) in [4.78, 5) is 14.6. The lowest BCUT2D eigenvalue weighted by Crippen LogP contribution is -2.36. The molecule has 2 aromatic carbocycles. The first-order chi connectivity index (χ1) is 13.1. The number of hydrogen-bond acceptors (Lipinski definition) is 4. The minimum absolute atomic E-state index is 0.0743. The van der Waals surface area contributed by atoms with Crippen LogP contribution in [0.15, 0.2) is 54.6 Å². The Morgan fingerprint density at radius 1 is 0.963 bits per heavy atom. The van der Waals surface area contributed by atoms with Crippen LogP contribution >= 0.6 is 0 Å². The van der Waals surface area contributed by atoms with Crippen LogP contribution in [-0.4, -0.2) is 27.5 Å². The van der Waals surface area contributed by atoms with Crippen LogP contribution in [0.1, 0.15) is 32.7 Å². The van der Waals surface area contributed by atoms with Crippen molar-refractivity contribution in [2.75, 3.05) is 11.9 Å². The number of carbonyl (C=O) groups excluding carboxylic acids is 1. The van der Waals surface area contributed by atoms with Gasteiger partial charge in [0.05, 0.1) is 0 Å². The average molecular weight is 358 g/mol. The van der Waals surface area contributed by atoms with Gasteiger partial charge in [-0.25, -0.2) is 0 Å². The molecule has 1 aliphatic rings. The molecule has 1 N–H and O–H groups in total. The van der Waals surface area contributed by atoms with Gasteiger partial charge in [0, 0.05) is 18.8 Å².